The highest BCUT2D eigenvalue weighted by Gasteiger charge is 2.32. The Balaban J connectivity index is 1.60. The largest absolute Gasteiger partial charge is 0.493 e. The van der Waals surface area contributed by atoms with Crippen LogP contribution in [0.2, 0.25) is 5.02 Å². The molecule has 1 fully saturated rings. The van der Waals surface area contributed by atoms with Gasteiger partial charge in [0.25, 0.3) is 5.91 Å². The second kappa shape index (κ2) is 11.5. The Labute approximate surface area is 222 Å². The van der Waals surface area contributed by atoms with Crippen LogP contribution in [0, 0.1) is 5.82 Å². The molecule has 0 aliphatic carbocycles. The van der Waals surface area contributed by atoms with E-state index in [1.807, 2.05) is 6.92 Å². The first kappa shape index (κ1) is 26.2. The van der Waals surface area contributed by atoms with E-state index in [2.05, 4.69) is 4.99 Å². The molecule has 0 spiro atoms. The SMILES string of the molecule is CCN1C(=O)C(=Cc2cc(Cl)c(OCc3ccccc3F)c(OC)c2)SC1=Nc1cccc(C(=O)O)c1. The molecule has 1 aliphatic rings. The van der Waals surface area contributed by atoms with E-state index in [0.717, 1.165) is 0 Å². The maximum Gasteiger partial charge on any atom is 0.335 e. The van der Waals surface area contributed by atoms with Crippen LogP contribution >= 0.6 is 23.4 Å². The zero-order valence-electron chi connectivity index (χ0n) is 19.9. The number of halogens is 2. The Morgan fingerprint density at radius 1 is 1.19 bits per heavy atom. The first-order valence-electron chi connectivity index (χ1n) is 11.2. The average molecular weight is 541 g/mol. The van der Waals surface area contributed by atoms with Crippen molar-refractivity contribution in [3.05, 3.63) is 93.1 Å². The van der Waals surface area contributed by atoms with E-state index >= 15 is 0 Å². The molecule has 3 aromatic rings. The number of ether oxygens (including phenoxy) is 2. The van der Waals surface area contributed by atoms with Crippen LogP contribution in [-0.4, -0.2) is 40.7 Å². The van der Waals surface area contributed by atoms with Gasteiger partial charge < -0.3 is 14.6 Å². The summed E-state index contributed by atoms with van der Waals surface area (Å²) in [5.41, 5.74) is 1.51. The predicted molar refractivity (Wildman–Crippen MR) is 142 cm³/mol. The van der Waals surface area contributed by atoms with E-state index < -0.39 is 5.97 Å². The molecule has 1 aliphatic heterocycles. The second-order valence-electron chi connectivity index (χ2n) is 7.82. The number of amidine groups is 1. The minimum Gasteiger partial charge on any atom is -0.493 e. The number of thioether (sulfide) groups is 1. The molecule has 0 aromatic heterocycles. The molecule has 1 N–H and O–H groups in total. The Kier molecular flexibility index (Phi) is 8.15. The van der Waals surface area contributed by atoms with E-state index in [0.29, 0.717) is 39.2 Å². The van der Waals surface area contributed by atoms with Crippen molar-refractivity contribution in [2.24, 2.45) is 4.99 Å². The lowest BCUT2D eigenvalue weighted by Crippen LogP contribution is -2.28. The number of rotatable bonds is 8. The number of carboxylic acid groups (broad SMARTS) is 1. The fraction of sp³-hybridized carbons (Fsp3) is 0.148. The summed E-state index contributed by atoms with van der Waals surface area (Å²) < 4.78 is 25.2. The van der Waals surface area contributed by atoms with Gasteiger partial charge in [0.2, 0.25) is 0 Å². The van der Waals surface area contributed by atoms with E-state index in [1.54, 1.807) is 48.5 Å². The van der Waals surface area contributed by atoms with Crippen molar-refractivity contribution in [1.29, 1.82) is 0 Å². The van der Waals surface area contributed by atoms with Gasteiger partial charge in [-0.05, 0) is 66.7 Å². The highest BCUT2D eigenvalue weighted by Crippen LogP contribution is 2.40. The number of aromatic carboxylic acids is 1. The average Bonchev–Trinajstić information content (AvgIpc) is 3.17. The number of likely N-dealkylation sites (N-methyl/N-ethyl adjacent to an activating group) is 1. The lowest BCUT2D eigenvalue weighted by molar-refractivity contribution is -0.122. The van der Waals surface area contributed by atoms with Gasteiger partial charge in [-0.2, -0.15) is 0 Å². The quantitative estimate of drug-likeness (QED) is 0.333. The van der Waals surface area contributed by atoms with Gasteiger partial charge in [0.05, 0.1) is 28.3 Å². The number of aliphatic imine (C=N–C) groups is 1. The van der Waals surface area contributed by atoms with Gasteiger partial charge in [0.1, 0.15) is 12.4 Å². The minimum atomic E-state index is -1.06. The van der Waals surface area contributed by atoms with Gasteiger partial charge in [0, 0.05) is 12.1 Å². The summed E-state index contributed by atoms with van der Waals surface area (Å²) in [6.07, 6.45) is 1.67. The van der Waals surface area contributed by atoms with Crippen LogP contribution in [0.25, 0.3) is 6.08 Å². The van der Waals surface area contributed by atoms with Crippen LogP contribution in [0.15, 0.2) is 70.6 Å². The van der Waals surface area contributed by atoms with Crippen molar-refractivity contribution in [2.75, 3.05) is 13.7 Å². The third kappa shape index (κ3) is 5.95. The number of carbonyl (C=O) groups is 2. The van der Waals surface area contributed by atoms with E-state index in [4.69, 9.17) is 21.1 Å². The van der Waals surface area contributed by atoms with Gasteiger partial charge in [-0.3, -0.25) is 9.69 Å². The van der Waals surface area contributed by atoms with Crippen molar-refractivity contribution in [1.82, 2.24) is 4.90 Å². The predicted octanol–water partition coefficient (Wildman–Crippen LogP) is 6.39. The lowest BCUT2D eigenvalue weighted by Gasteiger charge is -2.14. The number of hydrogen-bond donors (Lipinski definition) is 1. The summed E-state index contributed by atoms with van der Waals surface area (Å²) in [7, 11) is 1.46. The minimum absolute atomic E-state index is 0.0358. The number of carbonyl (C=O) groups excluding carboxylic acids is 1. The van der Waals surface area contributed by atoms with Gasteiger partial charge in [0.15, 0.2) is 16.7 Å². The van der Waals surface area contributed by atoms with Gasteiger partial charge >= 0.3 is 5.97 Å². The molecule has 1 amide bonds. The fourth-order valence-corrected chi connectivity index (χ4v) is 4.91. The summed E-state index contributed by atoms with van der Waals surface area (Å²) in [5.74, 6) is -1.09. The van der Waals surface area contributed by atoms with E-state index in [9.17, 15) is 19.1 Å². The smallest absolute Gasteiger partial charge is 0.335 e. The van der Waals surface area contributed by atoms with Crippen molar-refractivity contribution in [3.8, 4) is 11.5 Å². The van der Waals surface area contributed by atoms with Crippen molar-refractivity contribution >= 4 is 52.2 Å². The van der Waals surface area contributed by atoms with Crippen LogP contribution in [-0.2, 0) is 11.4 Å². The van der Waals surface area contributed by atoms with Crippen LogP contribution < -0.4 is 9.47 Å². The molecule has 0 unspecified atom stereocenters. The molecule has 7 nitrogen and oxygen atoms in total. The maximum atomic E-state index is 14.0. The second-order valence-corrected chi connectivity index (χ2v) is 9.24. The third-order valence-corrected chi connectivity index (χ3v) is 6.69. The molecule has 4 rings (SSSR count). The third-order valence-electron chi connectivity index (χ3n) is 5.40. The highest BCUT2D eigenvalue weighted by molar-refractivity contribution is 8.18. The highest BCUT2D eigenvalue weighted by atomic mass is 35.5. The maximum absolute atomic E-state index is 14.0. The van der Waals surface area contributed by atoms with Crippen LogP contribution in [0.4, 0.5) is 10.1 Å². The summed E-state index contributed by atoms with van der Waals surface area (Å²) >= 11 is 7.64. The van der Waals surface area contributed by atoms with Gasteiger partial charge in [-0.1, -0.05) is 35.9 Å². The monoisotopic (exact) mass is 540 g/mol. The number of amides is 1. The van der Waals surface area contributed by atoms with Crippen molar-refractivity contribution < 1.29 is 28.6 Å². The number of benzene rings is 3. The van der Waals surface area contributed by atoms with Gasteiger partial charge in [-0.25, -0.2) is 14.2 Å². The molecule has 3 aromatic carbocycles. The molecule has 1 saturated heterocycles. The first-order valence-corrected chi connectivity index (χ1v) is 12.4. The standard InChI is InChI=1S/C27H22ClFN2O5S/c1-3-31-25(32)23(37-27(31)30-19-9-6-8-17(14-19)26(33)34)13-16-11-20(28)24(22(12-16)35-2)36-15-18-7-4-5-10-21(18)29/h4-14H,3,15H2,1-2H3,(H,33,34). The number of hydrogen-bond acceptors (Lipinski definition) is 6. The molecule has 1 heterocycles. The molecular formula is C27H22ClFN2O5S. The van der Waals surface area contributed by atoms with Crippen LogP contribution in [0.1, 0.15) is 28.4 Å². The summed E-state index contributed by atoms with van der Waals surface area (Å²) in [5, 5.41) is 9.91. The first-order chi connectivity index (χ1) is 17.8. The summed E-state index contributed by atoms with van der Waals surface area (Å²) in [4.78, 5) is 30.7. The molecule has 190 valence electrons. The Bertz CT molecular complexity index is 1430. The number of carboxylic acids is 1. The van der Waals surface area contributed by atoms with E-state index in [-0.39, 0.29) is 34.7 Å². The Hall–Kier alpha value is -3.82. The normalized spacial score (nSPS) is 15.5. The van der Waals surface area contributed by atoms with Crippen molar-refractivity contribution in [3.63, 3.8) is 0 Å². The Morgan fingerprint density at radius 3 is 2.68 bits per heavy atom. The van der Waals surface area contributed by atoms with E-state index in [1.165, 1.54) is 42.0 Å². The molecule has 0 radical (unpaired) electrons. The molecule has 0 bridgehead atoms. The lowest BCUT2D eigenvalue weighted by atomic mass is 10.1. The summed E-state index contributed by atoms with van der Waals surface area (Å²) in [6, 6.07) is 15.8. The molecule has 10 heteroatoms. The van der Waals surface area contributed by atoms with Crippen LogP contribution in [0.3, 0.4) is 0 Å². The number of nitrogens with zero attached hydrogens (tertiary/aromatic N) is 2. The zero-order valence-corrected chi connectivity index (χ0v) is 21.5. The topological polar surface area (TPSA) is 88.4 Å². The number of methoxy groups -OCH3 is 1. The fourth-order valence-electron chi connectivity index (χ4n) is 3.57. The Morgan fingerprint density at radius 2 is 1.97 bits per heavy atom. The summed E-state index contributed by atoms with van der Waals surface area (Å²) in [6.45, 7) is 2.17. The molecular weight excluding hydrogens is 519 g/mol. The van der Waals surface area contributed by atoms with Crippen LogP contribution in [0.5, 0.6) is 11.5 Å². The molecule has 0 atom stereocenters. The zero-order chi connectivity index (χ0) is 26.5. The van der Waals surface area contributed by atoms with Gasteiger partial charge in [-0.15, -0.1) is 0 Å². The van der Waals surface area contributed by atoms with Crippen molar-refractivity contribution in [2.45, 2.75) is 13.5 Å². The molecule has 0 saturated carbocycles. The molecule has 37 heavy (non-hydrogen) atoms.